The van der Waals surface area contributed by atoms with E-state index in [-0.39, 0.29) is 106 Å². The second kappa shape index (κ2) is 39.2. The minimum atomic E-state index is -1.71. The first kappa shape index (κ1) is 78.3. The van der Waals surface area contributed by atoms with Crippen LogP contribution >= 0.6 is 0 Å². The number of aliphatic hydroxyl groups excluding tert-OH is 2. The van der Waals surface area contributed by atoms with Crippen molar-refractivity contribution in [2.75, 3.05) is 32.8 Å². The molecule has 24 heteroatoms. The number of Topliss-reactive ketones (excluding diaryl/α,β-unsaturated/α-hetero) is 1. The van der Waals surface area contributed by atoms with Gasteiger partial charge in [-0.05, 0) is 118 Å². The Morgan fingerprint density at radius 1 is 0.558 bits per heavy atom. The maximum absolute atomic E-state index is 14.5. The highest BCUT2D eigenvalue weighted by Gasteiger charge is 2.42. The number of nitrogens with zero attached hydrogens (tertiary/aromatic N) is 1. The molecule has 1 saturated heterocycles. The van der Waals surface area contributed by atoms with Gasteiger partial charge in [-0.3, -0.25) is 52.7 Å². The lowest BCUT2D eigenvalue weighted by Crippen LogP contribution is -2.66. The fraction of sp³-hybridized carbons (Fsp3) is 0.823. The number of aliphatic hydroxyl groups is 2. The number of hydrogen-bond acceptors (Lipinski definition) is 14. The van der Waals surface area contributed by atoms with Crippen LogP contribution in [0.1, 0.15) is 219 Å². The molecule has 10 amide bonds. The Labute approximate surface area is 513 Å². The molecule has 0 spiro atoms. The van der Waals surface area contributed by atoms with Crippen molar-refractivity contribution in [3.8, 4) is 0 Å². The second-order valence-corrected chi connectivity index (χ2v) is 26.1. The maximum atomic E-state index is 14.5. The van der Waals surface area contributed by atoms with Crippen LogP contribution < -0.4 is 53.2 Å². The van der Waals surface area contributed by atoms with E-state index in [1.807, 2.05) is 34.6 Å². The molecule has 86 heavy (non-hydrogen) atoms. The second-order valence-electron chi connectivity index (χ2n) is 26.1. The zero-order valence-electron chi connectivity index (χ0n) is 54.9. The Balaban J connectivity index is 3.37. The van der Waals surface area contributed by atoms with Gasteiger partial charge in [-0.25, -0.2) is 0 Å². The maximum Gasteiger partial charge on any atom is 0.246 e. The summed E-state index contributed by atoms with van der Waals surface area (Å²) in [6.45, 7) is 26.6. The summed E-state index contributed by atoms with van der Waals surface area (Å²) in [6, 6.07) is -5.64. The molecule has 0 bridgehead atoms. The number of carbonyl (C=O) groups excluding carboxylic acids is 11. The van der Waals surface area contributed by atoms with Gasteiger partial charge in [-0.15, -0.1) is 0 Å². The van der Waals surface area contributed by atoms with E-state index in [1.54, 1.807) is 20.8 Å². The first-order chi connectivity index (χ1) is 40.1. The van der Waals surface area contributed by atoms with Gasteiger partial charge >= 0.3 is 0 Å². The first-order valence-corrected chi connectivity index (χ1v) is 31.7. The van der Waals surface area contributed by atoms with Crippen LogP contribution in [0.2, 0.25) is 0 Å². The third kappa shape index (κ3) is 29.8. The van der Waals surface area contributed by atoms with Gasteiger partial charge in [-0.2, -0.15) is 0 Å². The van der Waals surface area contributed by atoms with Crippen molar-refractivity contribution in [1.82, 2.24) is 58.1 Å². The molecule has 0 aromatic rings. The first-order valence-electron chi connectivity index (χ1n) is 31.7. The van der Waals surface area contributed by atoms with Crippen LogP contribution in [0.15, 0.2) is 0 Å². The van der Waals surface area contributed by atoms with Crippen LogP contribution in [-0.4, -0.2) is 172 Å². The molecule has 1 rings (SSSR count). The van der Waals surface area contributed by atoms with Gasteiger partial charge in [0.25, 0.3) is 0 Å². The monoisotopic (exact) mass is 1220 g/mol. The molecule has 0 saturated carbocycles. The van der Waals surface area contributed by atoms with Gasteiger partial charge in [0.2, 0.25) is 59.1 Å². The summed E-state index contributed by atoms with van der Waals surface area (Å²) < 4.78 is 0. The number of rotatable bonds is 43. The number of likely N-dealkylation sites (tertiary alicyclic amines) is 1. The van der Waals surface area contributed by atoms with E-state index >= 15 is 0 Å². The van der Waals surface area contributed by atoms with E-state index in [0.717, 1.165) is 32.1 Å². The molecule has 0 radical (unpaired) electrons. The number of carbonyl (C=O) groups is 11. The Hall–Kier alpha value is -5.75. The molecule has 8 atom stereocenters. The molecule has 24 nitrogen and oxygen atoms in total. The van der Waals surface area contributed by atoms with Crippen LogP contribution in [0.3, 0.4) is 0 Å². The zero-order valence-corrected chi connectivity index (χ0v) is 54.9. The van der Waals surface area contributed by atoms with E-state index in [4.69, 9.17) is 5.11 Å². The number of ketones is 1. The van der Waals surface area contributed by atoms with E-state index in [2.05, 4.69) is 60.1 Å². The minimum absolute atomic E-state index is 0.00196. The largest absolute Gasteiger partial charge is 0.395 e. The van der Waals surface area contributed by atoms with Crippen molar-refractivity contribution >= 4 is 64.9 Å². The quantitative estimate of drug-likeness (QED) is 0.0391. The Bertz CT molecular complexity index is 2210. The molecule has 0 unspecified atom stereocenters. The summed E-state index contributed by atoms with van der Waals surface area (Å²) in [5, 5.41) is 47.6. The molecule has 1 aliphatic heterocycles. The zero-order chi connectivity index (χ0) is 65.5. The summed E-state index contributed by atoms with van der Waals surface area (Å²) in [4.78, 5) is 152. The minimum Gasteiger partial charge on any atom is -0.395 e. The standard InChI is InChI=1S/C62H113N11O13/c1-16-19-20-21-22-23-26-45(53(80)66-47(34-40(6)7)54(81)70-60(10,11)57(84)69-46(33-39(4)5)52(79)64-29-28-50(77)65-42(9)38-63-30-32-74)68-58(85)61(12,13)72-59(86)62(14,15)71-55(82)48(36-41(8)35-44(76)37-43(75)18-3)67-56(83)49-27-24-31-73(49)51(78)25-17-2/h39-42,44-49,63,74,76H,16-38H2,1-15H3,(H,64,79)(H,65,77)(H,66,80)(H,67,83)(H,68,85)(H,69,84)(H,70,81)(H,71,82)(H,72,86)/t41-,42+,44-,45+,46+,47+,48+,49+/m1/s1. The highest BCUT2D eigenvalue weighted by molar-refractivity contribution is 6.00. The van der Waals surface area contributed by atoms with Crippen molar-refractivity contribution < 1.29 is 63.0 Å². The van der Waals surface area contributed by atoms with Gasteiger partial charge in [-0.1, -0.05) is 93.9 Å². The summed E-state index contributed by atoms with van der Waals surface area (Å²) in [5.74, 6) is -6.52. The molecular formula is C62H113N11O13. The van der Waals surface area contributed by atoms with E-state index in [0.29, 0.717) is 45.3 Å². The lowest BCUT2D eigenvalue weighted by Gasteiger charge is -2.34. The molecule has 0 aromatic heterocycles. The molecule has 1 aliphatic rings. The predicted octanol–water partition coefficient (Wildman–Crippen LogP) is 2.98. The van der Waals surface area contributed by atoms with Gasteiger partial charge in [0.05, 0.1) is 12.7 Å². The van der Waals surface area contributed by atoms with Crippen LogP contribution in [-0.2, 0) is 52.7 Å². The average Bonchev–Trinajstić information content (AvgIpc) is 2.30. The fourth-order valence-electron chi connectivity index (χ4n) is 10.0. The lowest BCUT2D eigenvalue weighted by molar-refractivity contribution is -0.141. The smallest absolute Gasteiger partial charge is 0.246 e. The SMILES string of the molecule is CCCCCCCC[C@H](NC(=O)C(C)(C)NC(=O)C(C)(C)NC(=O)[C@H](C[C@H](C)C[C@@H](O)CC(=O)CC)NC(=O)[C@@H]1CCCN1C(=O)CCC)C(=O)N[C@@H](CC(C)C)C(=O)NC(C)(C)C(=O)N[C@@H](CC(C)C)C(=O)NCCC(=O)N[C@@H](C)CNCCO. The lowest BCUT2D eigenvalue weighted by atomic mass is 9.92. The fourth-order valence-corrected chi connectivity index (χ4v) is 10.0. The van der Waals surface area contributed by atoms with Crippen molar-refractivity contribution in [1.29, 1.82) is 0 Å². The van der Waals surface area contributed by atoms with Crippen LogP contribution in [0.5, 0.6) is 0 Å². The van der Waals surface area contributed by atoms with Gasteiger partial charge < -0.3 is 68.3 Å². The Kier molecular flexibility index (Phi) is 35.7. The molecule has 0 aromatic carbocycles. The predicted molar refractivity (Wildman–Crippen MR) is 330 cm³/mol. The van der Waals surface area contributed by atoms with E-state index < -0.39 is 106 Å². The van der Waals surface area contributed by atoms with Gasteiger partial charge in [0.15, 0.2) is 0 Å². The highest BCUT2D eigenvalue weighted by atomic mass is 16.3. The molecule has 12 N–H and O–H groups in total. The summed E-state index contributed by atoms with van der Waals surface area (Å²) >= 11 is 0. The number of amides is 10. The molecule has 0 aliphatic carbocycles. The summed E-state index contributed by atoms with van der Waals surface area (Å²) in [5.41, 5.74) is -5.01. The summed E-state index contributed by atoms with van der Waals surface area (Å²) in [6.07, 6.45) is 6.95. The topological polar surface area (TPSA) is 352 Å². The normalized spacial score (nSPS) is 16.1. The van der Waals surface area contributed by atoms with Gasteiger partial charge in [0.1, 0.15) is 52.6 Å². The number of hydrogen-bond donors (Lipinski definition) is 12. The molecule has 494 valence electrons. The van der Waals surface area contributed by atoms with Crippen molar-refractivity contribution in [2.24, 2.45) is 17.8 Å². The number of unbranched alkanes of at least 4 members (excludes halogenated alkanes) is 5. The molecule has 1 fully saturated rings. The Morgan fingerprint density at radius 3 is 1.65 bits per heavy atom. The van der Waals surface area contributed by atoms with Crippen molar-refractivity contribution in [2.45, 2.75) is 278 Å². The highest BCUT2D eigenvalue weighted by Crippen LogP contribution is 2.22. The van der Waals surface area contributed by atoms with Crippen molar-refractivity contribution in [3.05, 3.63) is 0 Å². The van der Waals surface area contributed by atoms with Gasteiger partial charge in [0, 0.05) is 57.9 Å². The summed E-state index contributed by atoms with van der Waals surface area (Å²) in [7, 11) is 0. The molecular weight excluding hydrogens is 1110 g/mol. The number of nitrogens with one attached hydrogen (secondary N) is 10. The third-order valence-electron chi connectivity index (χ3n) is 15.1. The molecule has 1 heterocycles. The van der Waals surface area contributed by atoms with E-state index in [1.165, 1.54) is 46.4 Å². The van der Waals surface area contributed by atoms with Crippen LogP contribution in [0.25, 0.3) is 0 Å². The Morgan fingerprint density at radius 2 is 1.09 bits per heavy atom. The van der Waals surface area contributed by atoms with Crippen LogP contribution in [0, 0.1) is 17.8 Å². The third-order valence-corrected chi connectivity index (χ3v) is 15.1. The average molecular weight is 1220 g/mol. The van der Waals surface area contributed by atoms with Crippen molar-refractivity contribution in [3.63, 3.8) is 0 Å². The van der Waals surface area contributed by atoms with Crippen LogP contribution in [0.4, 0.5) is 0 Å². The van der Waals surface area contributed by atoms with E-state index in [9.17, 15) is 57.8 Å².